The quantitative estimate of drug-likeness (QED) is 0.606. The average Bonchev–Trinajstić information content (AvgIpc) is 3.10. The summed E-state index contributed by atoms with van der Waals surface area (Å²) >= 11 is 1.61. The molecular formula is C18H23N3O3S. The maximum Gasteiger partial charge on any atom is 0.278 e. The van der Waals surface area contributed by atoms with Crippen molar-refractivity contribution in [1.82, 2.24) is 10.2 Å². The third-order valence-electron chi connectivity index (χ3n) is 4.29. The Balaban J connectivity index is 1.58. The molecule has 1 atom stereocenters. The monoisotopic (exact) mass is 361 g/mol. The third-order valence-corrected chi connectivity index (χ3v) is 5.41. The fourth-order valence-electron chi connectivity index (χ4n) is 2.97. The van der Waals surface area contributed by atoms with Gasteiger partial charge in [0.05, 0.1) is 23.7 Å². The van der Waals surface area contributed by atoms with Gasteiger partial charge in [-0.3, -0.25) is 15.0 Å². The van der Waals surface area contributed by atoms with Crippen molar-refractivity contribution in [3.63, 3.8) is 0 Å². The van der Waals surface area contributed by atoms with Crippen LogP contribution < -0.4 is 5.32 Å². The number of nitrogens with one attached hydrogen (secondary N) is 1. The first-order valence-corrected chi connectivity index (χ1v) is 9.31. The first-order valence-electron chi connectivity index (χ1n) is 8.49. The van der Waals surface area contributed by atoms with E-state index in [1.807, 2.05) is 24.3 Å². The van der Waals surface area contributed by atoms with Gasteiger partial charge in [-0.1, -0.05) is 12.1 Å². The van der Waals surface area contributed by atoms with E-state index in [2.05, 4.69) is 17.1 Å². The van der Waals surface area contributed by atoms with Gasteiger partial charge in [-0.15, -0.1) is 11.3 Å². The number of nitro groups is 1. The second kappa shape index (κ2) is 8.53. The molecule has 0 bridgehead atoms. The molecule has 25 heavy (non-hydrogen) atoms. The van der Waals surface area contributed by atoms with Crippen molar-refractivity contribution in [3.05, 3.63) is 51.4 Å². The highest BCUT2D eigenvalue weighted by molar-refractivity contribution is 7.15. The van der Waals surface area contributed by atoms with Gasteiger partial charge in [-0.2, -0.15) is 0 Å². The van der Waals surface area contributed by atoms with E-state index in [1.54, 1.807) is 23.5 Å². The van der Waals surface area contributed by atoms with E-state index < -0.39 is 0 Å². The van der Waals surface area contributed by atoms with Crippen LogP contribution >= 0.6 is 11.3 Å². The molecule has 6 nitrogen and oxygen atoms in total. The van der Waals surface area contributed by atoms with Crippen LogP contribution in [0.2, 0.25) is 0 Å². The van der Waals surface area contributed by atoms with Crippen molar-refractivity contribution in [1.29, 1.82) is 0 Å². The summed E-state index contributed by atoms with van der Waals surface area (Å²) in [6.07, 6.45) is 0. The number of nitro benzene ring substituents is 1. The number of hydrogen-bond donors (Lipinski definition) is 1. The van der Waals surface area contributed by atoms with Crippen molar-refractivity contribution in [2.75, 3.05) is 32.8 Å². The maximum absolute atomic E-state index is 11.2. The molecule has 1 aromatic carbocycles. The standard InChI is InChI=1S/C18H23N3O3S/c1-14(13-20-8-10-24-11-9-20)19-12-15-6-7-18(25-15)16-4-2-3-5-17(16)21(22)23/h2-7,14,19H,8-13H2,1H3. The fraction of sp³-hybridized carbons (Fsp3) is 0.444. The number of benzene rings is 1. The van der Waals surface area contributed by atoms with Crippen LogP contribution in [-0.2, 0) is 11.3 Å². The zero-order valence-electron chi connectivity index (χ0n) is 14.3. The first kappa shape index (κ1) is 18.0. The molecule has 0 saturated carbocycles. The number of morpholine rings is 1. The molecule has 1 N–H and O–H groups in total. The van der Waals surface area contributed by atoms with Gasteiger partial charge < -0.3 is 10.1 Å². The number of hydrogen-bond acceptors (Lipinski definition) is 6. The van der Waals surface area contributed by atoms with Crippen LogP contribution in [0.5, 0.6) is 0 Å². The van der Waals surface area contributed by atoms with E-state index in [4.69, 9.17) is 4.74 Å². The molecule has 134 valence electrons. The predicted molar refractivity (Wildman–Crippen MR) is 100.0 cm³/mol. The van der Waals surface area contributed by atoms with Gasteiger partial charge in [0.25, 0.3) is 5.69 Å². The van der Waals surface area contributed by atoms with E-state index in [0.29, 0.717) is 11.6 Å². The van der Waals surface area contributed by atoms with Crippen LogP contribution in [0, 0.1) is 10.1 Å². The van der Waals surface area contributed by atoms with Gasteiger partial charge in [0, 0.05) is 48.0 Å². The minimum atomic E-state index is -0.322. The largest absolute Gasteiger partial charge is 0.379 e. The first-order chi connectivity index (χ1) is 12.1. The zero-order valence-corrected chi connectivity index (χ0v) is 15.1. The SMILES string of the molecule is CC(CN1CCOCC1)NCc1ccc(-c2ccccc2[N+](=O)[O-])s1. The van der Waals surface area contributed by atoms with Gasteiger partial charge in [-0.25, -0.2) is 0 Å². The molecule has 0 aliphatic carbocycles. The lowest BCUT2D eigenvalue weighted by atomic mass is 10.1. The molecule has 1 unspecified atom stereocenters. The molecule has 1 fully saturated rings. The topological polar surface area (TPSA) is 67.6 Å². The van der Waals surface area contributed by atoms with Gasteiger partial charge >= 0.3 is 0 Å². The van der Waals surface area contributed by atoms with E-state index in [1.165, 1.54) is 4.88 Å². The summed E-state index contributed by atoms with van der Waals surface area (Å²) < 4.78 is 5.37. The Hall–Kier alpha value is -1.80. The molecule has 3 rings (SSSR count). The smallest absolute Gasteiger partial charge is 0.278 e. The molecule has 2 heterocycles. The van der Waals surface area contributed by atoms with Gasteiger partial charge in [-0.05, 0) is 25.1 Å². The Labute approximate surface area is 151 Å². The number of rotatable bonds is 7. The molecule has 1 saturated heterocycles. The molecule has 1 aliphatic heterocycles. The van der Waals surface area contributed by atoms with Gasteiger partial charge in [0.1, 0.15) is 0 Å². The lowest BCUT2D eigenvalue weighted by Gasteiger charge is -2.29. The summed E-state index contributed by atoms with van der Waals surface area (Å²) in [6, 6.07) is 11.3. The van der Waals surface area contributed by atoms with Crippen molar-refractivity contribution in [2.45, 2.75) is 19.5 Å². The zero-order chi connectivity index (χ0) is 17.6. The number of nitrogens with zero attached hydrogens (tertiary/aromatic N) is 2. The molecule has 0 radical (unpaired) electrons. The van der Waals surface area contributed by atoms with Crippen LogP contribution in [0.3, 0.4) is 0 Å². The lowest BCUT2D eigenvalue weighted by molar-refractivity contribution is -0.384. The van der Waals surface area contributed by atoms with Crippen LogP contribution in [-0.4, -0.2) is 48.7 Å². The summed E-state index contributed by atoms with van der Waals surface area (Å²) in [4.78, 5) is 15.4. The molecule has 0 spiro atoms. The number of para-hydroxylation sites is 1. The molecule has 7 heteroatoms. The van der Waals surface area contributed by atoms with E-state index >= 15 is 0 Å². The summed E-state index contributed by atoms with van der Waals surface area (Å²) in [5.74, 6) is 0. The maximum atomic E-state index is 11.2. The number of ether oxygens (including phenoxy) is 1. The Bertz CT molecular complexity index is 713. The lowest BCUT2D eigenvalue weighted by Crippen LogP contribution is -2.44. The van der Waals surface area contributed by atoms with Gasteiger partial charge in [0.2, 0.25) is 0 Å². The minimum Gasteiger partial charge on any atom is -0.379 e. The molecule has 0 amide bonds. The Morgan fingerprint density at radius 1 is 1.28 bits per heavy atom. The minimum absolute atomic E-state index is 0.157. The Morgan fingerprint density at radius 3 is 2.80 bits per heavy atom. The molecular weight excluding hydrogens is 338 g/mol. The van der Waals surface area contributed by atoms with E-state index in [0.717, 1.165) is 44.3 Å². The van der Waals surface area contributed by atoms with Crippen LogP contribution in [0.4, 0.5) is 5.69 Å². The second-order valence-corrected chi connectivity index (χ2v) is 7.40. The number of thiophene rings is 1. The van der Waals surface area contributed by atoms with Crippen LogP contribution in [0.1, 0.15) is 11.8 Å². The highest BCUT2D eigenvalue weighted by Crippen LogP contribution is 2.34. The highest BCUT2D eigenvalue weighted by Gasteiger charge is 2.16. The highest BCUT2D eigenvalue weighted by atomic mass is 32.1. The summed E-state index contributed by atoms with van der Waals surface area (Å²) in [7, 11) is 0. The Kier molecular flexibility index (Phi) is 6.14. The summed E-state index contributed by atoms with van der Waals surface area (Å²) in [5.41, 5.74) is 0.842. The second-order valence-electron chi connectivity index (χ2n) is 6.24. The molecule has 2 aromatic rings. The van der Waals surface area contributed by atoms with Crippen molar-refractivity contribution in [3.8, 4) is 10.4 Å². The summed E-state index contributed by atoms with van der Waals surface area (Å²) in [5, 5.41) is 14.7. The van der Waals surface area contributed by atoms with E-state index in [-0.39, 0.29) is 10.6 Å². The normalized spacial score (nSPS) is 16.7. The summed E-state index contributed by atoms with van der Waals surface area (Å²) in [6.45, 7) is 7.59. The van der Waals surface area contributed by atoms with Crippen molar-refractivity contribution < 1.29 is 9.66 Å². The third kappa shape index (κ3) is 4.85. The van der Waals surface area contributed by atoms with Crippen molar-refractivity contribution >= 4 is 17.0 Å². The van der Waals surface area contributed by atoms with E-state index in [9.17, 15) is 10.1 Å². The van der Waals surface area contributed by atoms with Crippen molar-refractivity contribution in [2.24, 2.45) is 0 Å². The average molecular weight is 361 g/mol. The molecule has 1 aliphatic rings. The van der Waals surface area contributed by atoms with Gasteiger partial charge in [0.15, 0.2) is 0 Å². The fourth-order valence-corrected chi connectivity index (χ4v) is 3.96. The molecule has 1 aromatic heterocycles. The van der Waals surface area contributed by atoms with Crippen LogP contribution in [0.15, 0.2) is 36.4 Å². The predicted octanol–water partition coefficient (Wildman–Crippen LogP) is 3.13. The van der Waals surface area contributed by atoms with Crippen LogP contribution in [0.25, 0.3) is 10.4 Å². The Morgan fingerprint density at radius 2 is 2.04 bits per heavy atom.